The van der Waals surface area contributed by atoms with Gasteiger partial charge in [-0.25, -0.2) is 9.88 Å². The van der Waals surface area contributed by atoms with Crippen LogP contribution in [0.15, 0.2) is 81.8 Å². The number of rotatable bonds is 4. The van der Waals surface area contributed by atoms with Crippen LogP contribution in [0.1, 0.15) is 0 Å². The molecular weight excluding hydrogens is 557 g/mol. The molecule has 0 atom stereocenters. The average molecular weight is 569 g/mol. The first kappa shape index (κ1) is 19.5. The Morgan fingerprint density at radius 3 is 2.41 bits per heavy atom. The Kier molecular flexibility index (Phi) is 6.61. The zero-order chi connectivity index (χ0) is 17.8. The number of aromatic nitrogens is 5. The van der Waals surface area contributed by atoms with Crippen molar-refractivity contribution < 1.29 is 21.1 Å². The van der Waals surface area contributed by atoms with E-state index in [0.29, 0.717) is 22.0 Å². The molecule has 0 bridgehead atoms. The van der Waals surface area contributed by atoms with E-state index in [9.17, 15) is 0 Å². The molecule has 0 saturated heterocycles. The van der Waals surface area contributed by atoms with Crippen LogP contribution in [0.25, 0.3) is 22.6 Å². The number of hydrogen-bond acceptors (Lipinski definition) is 7. The second kappa shape index (κ2) is 9.13. The minimum atomic E-state index is 0. The van der Waals surface area contributed by atoms with Crippen LogP contribution in [-0.2, 0) is 33.7 Å². The van der Waals surface area contributed by atoms with Crippen LogP contribution in [0.4, 0.5) is 0 Å². The summed E-state index contributed by atoms with van der Waals surface area (Å²) in [5, 5.41) is 13.7. The molecule has 8 heteroatoms. The summed E-state index contributed by atoms with van der Waals surface area (Å²) >= 11 is 6.84. The molecule has 5 nitrogen and oxygen atoms in total. The predicted molar refractivity (Wildman–Crippen MR) is 101 cm³/mol. The molecule has 0 fully saturated rings. The van der Waals surface area contributed by atoms with E-state index in [1.165, 1.54) is 11.8 Å². The number of pyridine rings is 2. The first-order chi connectivity index (χ1) is 12.8. The first-order valence-electron chi connectivity index (χ1n) is 7.75. The summed E-state index contributed by atoms with van der Waals surface area (Å²) in [5.74, 6) is 0. The Bertz CT molecular complexity index is 1050. The van der Waals surface area contributed by atoms with Crippen LogP contribution in [0.5, 0.6) is 0 Å². The summed E-state index contributed by atoms with van der Waals surface area (Å²) in [7, 11) is 0. The van der Waals surface area contributed by atoms with Crippen molar-refractivity contribution in [3.8, 4) is 22.6 Å². The minimum absolute atomic E-state index is 0. The second-order valence-electron chi connectivity index (χ2n) is 5.24. The molecule has 0 aliphatic rings. The van der Waals surface area contributed by atoms with E-state index in [-0.39, 0.29) is 21.1 Å². The Hall–Kier alpha value is -2.21. The van der Waals surface area contributed by atoms with Crippen molar-refractivity contribution in [2.24, 2.45) is 0 Å². The van der Waals surface area contributed by atoms with E-state index in [0.717, 1.165) is 15.6 Å². The molecule has 0 aliphatic heterocycles. The summed E-state index contributed by atoms with van der Waals surface area (Å²) in [5.41, 5.74) is 2.56. The fourth-order valence-electron chi connectivity index (χ4n) is 2.29. The maximum absolute atomic E-state index is 5.35. The van der Waals surface area contributed by atoms with Crippen LogP contribution in [0.2, 0.25) is 0 Å². The Morgan fingerprint density at radius 2 is 1.59 bits per heavy atom. The number of nitrogens with zero attached hydrogens (tertiary/aromatic N) is 5. The van der Waals surface area contributed by atoms with Crippen molar-refractivity contribution in [2.75, 3.05) is 0 Å². The predicted octanol–water partition coefficient (Wildman–Crippen LogP) is 3.85. The van der Waals surface area contributed by atoms with E-state index in [4.69, 9.17) is 12.6 Å². The molecule has 0 aliphatic carbocycles. The van der Waals surface area contributed by atoms with Gasteiger partial charge in [-0.3, -0.25) is 0 Å². The molecular formula is C19H11N5PtS2. The van der Waals surface area contributed by atoms with E-state index in [2.05, 4.69) is 31.4 Å². The van der Waals surface area contributed by atoms with Gasteiger partial charge in [-0.05, 0) is 34.8 Å². The van der Waals surface area contributed by atoms with E-state index >= 15 is 0 Å². The average Bonchev–Trinajstić information content (AvgIpc) is 2.69. The van der Waals surface area contributed by atoms with Crippen LogP contribution >= 0.6 is 11.8 Å². The van der Waals surface area contributed by atoms with Gasteiger partial charge >= 0.3 is 21.1 Å². The van der Waals surface area contributed by atoms with Crippen molar-refractivity contribution in [1.29, 1.82) is 0 Å². The van der Waals surface area contributed by atoms with Gasteiger partial charge in [0, 0.05) is 11.9 Å². The first-order valence-corrected chi connectivity index (χ1v) is 8.97. The van der Waals surface area contributed by atoms with E-state index < -0.39 is 0 Å². The molecule has 0 radical (unpaired) electrons. The van der Waals surface area contributed by atoms with Gasteiger partial charge in [0.15, 0.2) is 0 Å². The molecule has 0 N–H and O–H groups in total. The third-order valence-corrected chi connectivity index (χ3v) is 4.72. The standard InChI is InChI=1S/C19H12N5S2.Pt/c25-17-8-2-1-6-13(17)15-12-16(23-24-22-15)14-7-5-10-19(21-14)26-18-9-3-4-11-20-18;/h1-11,25H;/q-1;+2/p-1. The zero-order valence-electron chi connectivity index (χ0n) is 13.7. The van der Waals surface area contributed by atoms with Crippen LogP contribution in [-0.4, -0.2) is 25.4 Å². The maximum atomic E-state index is 5.35. The molecule has 0 unspecified atom stereocenters. The van der Waals surface area contributed by atoms with Gasteiger partial charge in [-0.2, -0.15) is 10.2 Å². The van der Waals surface area contributed by atoms with Crippen molar-refractivity contribution in [1.82, 2.24) is 25.4 Å². The van der Waals surface area contributed by atoms with Crippen molar-refractivity contribution in [2.45, 2.75) is 14.9 Å². The molecule has 0 amide bonds. The fourth-order valence-corrected chi connectivity index (χ4v) is 3.30. The van der Waals surface area contributed by atoms with Gasteiger partial charge in [-0.1, -0.05) is 48.2 Å². The van der Waals surface area contributed by atoms with Gasteiger partial charge in [0.25, 0.3) is 0 Å². The number of benzene rings is 1. The minimum Gasteiger partial charge on any atom is -0.792 e. The maximum Gasteiger partial charge on any atom is 2.00 e. The van der Waals surface area contributed by atoms with Crippen LogP contribution in [0.3, 0.4) is 0 Å². The fraction of sp³-hybridized carbons (Fsp3) is 0. The molecule has 1 aromatic carbocycles. The Labute approximate surface area is 180 Å². The van der Waals surface area contributed by atoms with Crippen molar-refractivity contribution >= 4 is 24.4 Å². The second-order valence-corrected chi connectivity index (χ2v) is 6.72. The molecule has 3 aromatic heterocycles. The summed E-state index contributed by atoms with van der Waals surface area (Å²) in [6, 6.07) is 22.2. The summed E-state index contributed by atoms with van der Waals surface area (Å²) in [4.78, 5) is 9.63. The monoisotopic (exact) mass is 568 g/mol. The smallest absolute Gasteiger partial charge is 0.792 e. The summed E-state index contributed by atoms with van der Waals surface area (Å²) in [6.07, 6.45) is 1.76. The SMILES string of the molecule is [Pt+2].[S-]c1ccccc1-c1[c-]c(-c2cccc(Sc3ccccn3)n2)nnn1. The zero-order valence-corrected chi connectivity index (χ0v) is 17.6. The third kappa shape index (κ3) is 4.74. The normalized spacial score (nSPS) is 10.2. The van der Waals surface area contributed by atoms with E-state index in [1.54, 1.807) is 6.20 Å². The Balaban J connectivity index is 0.00000210. The van der Waals surface area contributed by atoms with Gasteiger partial charge in [-0.15, -0.1) is 17.7 Å². The molecule has 0 spiro atoms. The third-order valence-electron chi connectivity index (χ3n) is 3.48. The molecule has 27 heavy (non-hydrogen) atoms. The van der Waals surface area contributed by atoms with Gasteiger partial charge < -0.3 is 17.6 Å². The van der Waals surface area contributed by atoms with Crippen LogP contribution in [0, 0.1) is 6.07 Å². The largest absolute Gasteiger partial charge is 2.00 e. The van der Waals surface area contributed by atoms with Gasteiger partial charge in [0.05, 0.1) is 5.03 Å². The Morgan fingerprint density at radius 1 is 0.815 bits per heavy atom. The number of hydrogen-bond donors (Lipinski definition) is 0. The van der Waals surface area contributed by atoms with Gasteiger partial charge in [0.1, 0.15) is 5.03 Å². The van der Waals surface area contributed by atoms with Crippen molar-refractivity contribution in [3.63, 3.8) is 0 Å². The van der Waals surface area contributed by atoms with Crippen LogP contribution < -0.4 is 0 Å². The molecule has 3 heterocycles. The van der Waals surface area contributed by atoms with E-state index in [1.807, 2.05) is 60.7 Å². The summed E-state index contributed by atoms with van der Waals surface area (Å²) in [6.45, 7) is 0. The van der Waals surface area contributed by atoms with Gasteiger partial charge in [0.2, 0.25) is 0 Å². The molecule has 134 valence electrons. The molecule has 4 rings (SSSR count). The summed E-state index contributed by atoms with van der Waals surface area (Å²) < 4.78 is 0. The molecule has 4 aromatic rings. The molecule has 0 saturated carbocycles. The quantitative estimate of drug-likeness (QED) is 0.274. The van der Waals surface area contributed by atoms with Crippen molar-refractivity contribution in [3.05, 3.63) is 72.9 Å². The topological polar surface area (TPSA) is 64.5 Å².